The first-order chi connectivity index (χ1) is 9.04. The molecule has 2 aliphatic rings. The number of piperazine rings is 1. The summed E-state index contributed by atoms with van der Waals surface area (Å²) in [4.78, 5) is 5.11. The fraction of sp³-hybridized carbons (Fsp3) is 1.00. The Balaban J connectivity index is 2.05. The number of aliphatic hydroxyl groups excluding tert-OH is 1. The third kappa shape index (κ3) is 3.30. The van der Waals surface area contributed by atoms with E-state index in [-0.39, 0.29) is 18.7 Å². The minimum absolute atomic E-state index is 0.0580. The SMILES string of the molecule is CC(C)C(N)C(CO)N1CC2CCCCN2CC1C. The standard InChI is InChI=1S/C15H31N3O/c1-11(2)15(16)14(10-19)18-9-13-6-4-5-7-17(13)8-12(18)3/h11-15,19H,4-10,16H2,1-3H3. The monoisotopic (exact) mass is 269 g/mol. The molecule has 2 rings (SSSR count). The van der Waals surface area contributed by atoms with Gasteiger partial charge in [-0.15, -0.1) is 0 Å². The molecule has 112 valence electrons. The van der Waals surface area contributed by atoms with E-state index in [4.69, 9.17) is 5.73 Å². The van der Waals surface area contributed by atoms with Crippen molar-refractivity contribution < 1.29 is 5.11 Å². The summed E-state index contributed by atoms with van der Waals surface area (Å²) >= 11 is 0. The zero-order valence-corrected chi connectivity index (χ0v) is 12.8. The molecule has 4 heteroatoms. The zero-order valence-electron chi connectivity index (χ0n) is 12.8. The Labute approximate surface area is 117 Å². The van der Waals surface area contributed by atoms with E-state index in [1.807, 2.05) is 0 Å². The molecule has 0 saturated carbocycles. The first kappa shape index (κ1) is 15.2. The van der Waals surface area contributed by atoms with Crippen molar-refractivity contribution in [3.63, 3.8) is 0 Å². The highest BCUT2D eigenvalue weighted by Crippen LogP contribution is 2.26. The molecule has 4 unspecified atom stereocenters. The van der Waals surface area contributed by atoms with Crippen LogP contribution in [-0.4, -0.2) is 65.3 Å². The molecule has 0 amide bonds. The lowest BCUT2D eigenvalue weighted by Gasteiger charge is -2.51. The second-order valence-corrected chi connectivity index (χ2v) is 6.76. The van der Waals surface area contributed by atoms with Crippen LogP contribution >= 0.6 is 0 Å². The van der Waals surface area contributed by atoms with E-state index in [0.29, 0.717) is 18.0 Å². The Morgan fingerprint density at radius 1 is 1.26 bits per heavy atom. The Morgan fingerprint density at radius 2 is 2.00 bits per heavy atom. The maximum atomic E-state index is 9.78. The molecule has 19 heavy (non-hydrogen) atoms. The largest absolute Gasteiger partial charge is 0.395 e. The molecule has 0 aromatic heterocycles. The van der Waals surface area contributed by atoms with E-state index in [2.05, 4.69) is 30.6 Å². The first-order valence-corrected chi connectivity index (χ1v) is 7.90. The van der Waals surface area contributed by atoms with Gasteiger partial charge in [0.25, 0.3) is 0 Å². The topological polar surface area (TPSA) is 52.7 Å². The van der Waals surface area contributed by atoms with E-state index >= 15 is 0 Å². The van der Waals surface area contributed by atoms with Crippen LogP contribution < -0.4 is 5.73 Å². The molecular weight excluding hydrogens is 238 g/mol. The summed E-state index contributed by atoms with van der Waals surface area (Å²) in [6.45, 7) is 10.2. The molecule has 2 heterocycles. The molecule has 2 aliphatic heterocycles. The summed E-state index contributed by atoms with van der Waals surface area (Å²) in [6, 6.07) is 1.34. The number of hydrogen-bond donors (Lipinski definition) is 2. The zero-order chi connectivity index (χ0) is 14.0. The smallest absolute Gasteiger partial charge is 0.0602 e. The van der Waals surface area contributed by atoms with Gasteiger partial charge in [0.05, 0.1) is 6.61 Å². The summed E-state index contributed by atoms with van der Waals surface area (Å²) in [5.41, 5.74) is 6.32. The van der Waals surface area contributed by atoms with E-state index in [1.165, 1.54) is 25.8 Å². The summed E-state index contributed by atoms with van der Waals surface area (Å²) in [5, 5.41) is 9.78. The van der Waals surface area contributed by atoms with Crippen LogP contribution in [0.4, 0.5) is 0 Å². The van der Waals surface area contributed by atoms with Crippen LogP contribution in [0.15, 0.2) is 0 Å². The lowest BCUT2D eigenvalue weighted by molar-refractivity contribution is -0.0308. The van der Waals surface area contributed by atoms with Crippen LogP contribution in [0.3, 0.4) is 0 Å². The van der Waals surface area contributed by atoms with Gasteiger partial charge in [0, 0.05) is 37.3 Å². The van der Waals surface area contributed by atoms with Crippen molar-refractivity contribution in [2.45, 2.75) is 64.2 Å². The number of aliphatic hydroxyl groups is 1. The van der Waals surface area contributed by atoms with Gasteiger partial charge in [0.1, 0.15) is 0 Å². The van der Waals surface area contributed by atoms with Gasteiger partial charge in [-0.2, -0.15) is 0 Å². The van der Waals surface area contributed by atoms with E-state index in [1.54, 1.807) is 0 Å². The molecule has 4 nitrogen and oxygen atoms in total. The molecule has 0 radical (unpaired) electrons. The van der Waals surface area contributed by atoms with Crippen LogP contribution in [0.5, 0.6) is 0 Å². The van der Waals surface area contributed by atoms with Gasteiger partial charge < -0.3 is 10.8 Å². The van der Waals surface area contributed by atoms with Gasteiger partial charge in [-0.1, -0.05) is 20.3 Å². The van der Waals surface area contributed by atoms with Gasteiger partial charge in [-0.05, 0) is 32.2 Å². The van der Waals surface area contributed by atoms with Crippen LogP contribution in [0.2, 0.25) is 0 Å². The molecule has 0 bridgehead atoms. The number of piperidine rings is 1. The molecule has 2 fully saturated rings. The average Bonchev–Trinajstić information content (AvgIpc) is 2.39. The predicted molar refractivity (Wildman–Crippen MR) is 79.1 cm³/mol. The van der Waals surface area contributed by atoms with Crippen molar-refractivity contribution >= 4 is 0 Å². The third-order valence-electron chi connectivity index (χ3n) is 5.06. The summed E-state index contributed by atoms with van der Waals surface area (Å²) < 4.78 is 0. The fourth-order valence-electron chi connectivity index (χ4n) is 3.73. The molecule has 0 aromatic carbocycles. The predicted octanol–water partition coefficient (Wildman–Crippen LogP) is 0.889. The van der Waals surface area contributed by atoms with Gasteiger partial charge in [0.2, 0.25) is 0 Å². The van der Waals surface area contributed by atoms with Crippen LogP contribution in [0.1, 0.15) is 40.0 Å². The number of rotatable bonds is 4. The Hall–Kier alpha value is -0.160. The number of hydrogen-bond acceptors (Lipinski definition) is 4. The number of nitrogens with two attached hydrogens (primary N) is 1. The lowest BCUT2D eigenvalue weighted by Crippen LogP contribution is -2.65. The van der Waals surface area contributed by atoms with Crippen molar-refractivity contribution in [2.75, 3.05) is 26.2 Å². The number of fused-ring (bicyclic) bond motifs is 1. The third-order valence-corrected chi connectivity index (χ3v) is 5.06. The summed E-state index contributed by atoms with van der Waals surface area (Å²) in [6.07, 6.45) is 4.00. The maximum Gasteiger partial charge on any atom is 0.0602 e. The summed E-state index contributed by atoms with van der Waals surface area (Å²) in [7, 11) is 0. The fourth-order valence-corrected chi connectivity index (χ4v) is 3.73. The molecule has 0 aromatic rings. The molecular formula is C15H31N3O. The van der Waals surface area contributed by atoms with Gasteiger partial charge in [-0.25, -0.2) is 0 Å². The molecule has 2 saturated heterocycles. The minimum atomic E-state index is 0.0580. The minimum Gasteiger partial charge on any atom is -0.395 e. The second-order valence-electron chi connectivity index (χ2n) is 6.76. The Kier molecular flexibility index (Phi) is 5.23. The number of nitrogens with zero attached hydrogens (tertiary/aromatic N) is 2. The maximum absolute atomic E-state index is 9.78. The van der Waals surface area contributed by atoms with Gasteiger partial charge in [-0.3, -0.25) is 9.80 Å². The van der Waals surface area contributed by atoms with Crippen LogP contribution in [0, 0.1) is 5.92 Å². The van der Waals surface area contributed by atoms with Gasteiger partial charge in [0.15, 0.2) is 0 Å². The van der Waals surface area contributed by atoms with E-state index in [0.717, 1.165) is 13.1 Å². The van der Waals surface area contributed by atoms with Crippen molar-refractivity contribution in [2.24, 2.45) is 11.7 Å². The lowest BCUT2D eigenvalue weighted by atomic mass is 9.91. The van der Waals surface area contributed by atoms with Crippen molar-refractivity contribution in [3.05, 3.63) is 0 Å². The Morgan fingerprint density at radius 3 is 2.63 bits per heavy atom. The highest BCUT2D eigenvalue weighted by molar-refractivity contribution is 4.95. The van der Waals surface area contributed by atoms with E-state index < -0.39 is 0 Å². The molecule has 0 spiro atoms. The summed E-state index contributed by atoms with van der Waals surface area (Å²) in [5.74, 6) is 0.411. The molecule has 4 atom stereocenters. The van der Waals surface area contributed by atoms with Crippen LogP contribution in [-0.2, 0) is 0 Å². The highest BCUT2D eigenvalue weighted by atomic mass is 16.3. The quantitative estimate of drug-likeness (QED) is 0.796. The normalized spacial score (nSPS) is 33.2. The average molecular weight is 269 g/mol. The molecule has 3 N–H and O–H groups in total. The van der Waals surface area contributed by atoms with Gasteiger partial charge >= 0.3 is 0 Å². The van der Waals surface area contributed by atoms with Crippen LogP contribution in [0.25, 0.3) is 0 Å². The first-order valence-electron chi connectivity index (χ1n) is 7.90. The Bertz CT molecular complexity index is 285. The van der Waals surface area contributed by atoms with Crippen molar-refractivity contribution in [1.82, 2.24) is 9.80 Å². The molecule has 0 aliphatic carbocycles. The van der Waals surface area contributed by atoms with Crippen molar-refractivity contribution in [3.8, 4) is 0 Å². The van der Waals surface area contributed by atoms with Crippen molar-refractivity contribution in [1.29, 1.82) is 0 Å². The second kappa shape index (κ2) is 6.53. The van der Waals surface area contributed by atoms with E-state index in [9.17, 15) is 5.11 Å². The highest BCUT2D eigenvalue weighted by Gasteiger charge is 2.38.